The molecule has 0 aliphatic rings. The van der Waals surface area contributed by atoms with Gasteiger partial charge in [0.25, 0.3) is 0 Å². The maximum atomic E-state index is 11.3. The summed E-state index contributed by atoms with van der Waals surface area (Å²) < 4.78 is 1.79. The molecule has 0 bridgehead atoms. The first-order chi connectivity index (χ1) is 8.13. The number of carbonyl (C=O) groups excluding carboxylic acids is 2. The first kappa shape index (κ1) is 12.7. The molecule has 7 nitrogen and oxygen atoms in total. The fraction of sp³-hybridized carbons (Fsp3) is 0.400. The van der Waals surface area contributed by atoms with Gasteiger partial charge in [0, 0.05) is 25.0 Å². The zero-order valence-corrected chi connectivity index (χ0v) is 9.38. The van der Waals surface area contributed by atoms with Crippen LogP contribution in [0.25, 0.3) is 0 Å². The second-order valence-electron chi connectivity index (χ2n) is 3.47. The lowest BCUT2D eigenvalue weighted by molar-refractivity contribution is -0.139. The molecule has 7 heteroatoms. The van der Waals surface area contributed by atoms with E-state index in [1.54, 1.807) is 36.3 Å². The standard InChI is InChI=1S/C10H13N5O2/c1-8(6-15-5-4-12-7-15)14-10(17)9(16)13-3-2-11/h4-5,7-8H,3,6H2,1H3,(H,13,16)(H,14,17). The lowest BCUT2D eigenvalue weighted by atomic mass is 10.3. The van der Waals surface area contributed by atoms with E-state index in [9.17, 15) is 9.59 Å². The SMILES string of the molecule is CC(Cn1ccnc1)NC(=O)C(=O)NCC#N. The molecule has 1 atom stereocenters. The second kappa shape index (κ2) is 6.27. The van der Waals surface area contributed by atoms with Gasteiger partial charge in [0.05, 0.1) is 12.4 Å². The highest BCUT2D eigenvalue weighted by Crippen LogP contribution is 1.91. The number of hydrogen-bond donors (Lipinski definition) is 2. The molecule has 0 aliphatic carbocycles. The molecule has 1 rings (SSSR count). The van der Waals surface area contributed by atoms with Crippen LogP contribution in [0, 0.1) is 11.3 Å². The summed E-state index contributed by atoms with van der Waals surface area (Å²) in [7, 11) is 0. The van der Waals surface area contributed by atoms with Crippen molar-refractivity contribution in [3.8, 4) is 6.07 Å². The molecular formula is C10H13N5O2. The summed E-state index contributed by atoms with van der Waals surface area (Å²) in [5.41, 5.74) is 0. The molecule has 1 aromatic heterocycles. The van der Waals surface area contributed by atoms with Gasteiger partial charge in [-0.15, -0.1) is 0 Å². The molecule has 1 aromatic rings. The molecule has 0 aromatic carbocycles. The van der Waals surface area contributed by atoms with E-state index in [1.807, 2.05) is 0 Å². The number of aromatic nitrogens is 2. The lowest BCUT2D eigenvalue weighted by Gasteiger charge is -2.13. The maximum Gasteiger partial charge on any atom is 0.310 e. The summed E-state index contributed by atoms with van der Waals surface area (Å²) in [5.74, 6) is -1.54. The van der Waals surface area contributed by atoms with Gasteiger partial charge in [-0.25, -0.2) is 4.98 Å². The number of nitrogens with zero attached hydrogens (tertiary/aromatic N) is 3. The van der Waals surface area contributed by atoms with E-state index in [2.05, 4.69) is 15.6 Å². The Morgan fingerprint density at radius 1 is 1.53 bits per heavy atom. The second-order valence-corrected chi connectivity index (χ2v) is 3.47. The molecule has 1 unspecified atom stereocenters. The normalized spacial score (nSPS) is 11.3. The Bertz CT molecular complexity index is 420. The number of carbonyl (C=O) groups is 2. The van der Waals surface area contributed by atoms with E-state index >= 15 is 0 Å². The molecular weight excluding hydrogens is 222 g/mol. The molecule has 1 heterocycles. The molecule has 2 amide bonds. The van der Waals surface area contributed by atoms with E-state index in [0.29, 0.717) is 6.54 Å². The van der Waals surface area contributed by atoms with Crippen LogP contribution < -0.4 is 10.6 Å². The summed E-state index contributed by atoms with van der Waals surface area (Å²) >= 11 is 0. The Kier molecular flexibility index (Phi) is 4.69. The number of nitrogens with one attached hydrogen (secondary N) is 2. The Balaban J connectivity index is 2.35. The minimum atomic E-state index is -0.802. The van der Waals surface area contributed by atoms with Crippen LogP contribution in [-0.2, 0) is 16.1 Å². The van der Waals surface area contributed by atoms with Crippen LogP contribution in [0.3, 0.4) is 0 Å². The van der Waals surface area contributed by atoms with E-state index in [4.69, 9.17) is 5.26 Å². The average Bonchev–Trinajstić information content (AvgIpc) is 2.78. The first-order valence-corrected chi connectivity index (χ1v) is 5.05. The predicted molar refractivity (Wildman–Crippen MR) is 58.5 cm³/mol. The van der Waals surface area contributed by atoms with Gasteiger partial charge in [-0.3, -0.25) is 9.59 Å². The Hall–Kier alpha value is -2.36. The summed E-state index contributed by atoms with van der Waals surface area (Å²) in [4.78, 5) is 26.3. The highest BCUT2D eigenvalue weighted by molar-refractivity contribution is 6.35. The molecule has 2 N–H and O–H groups in total. The van der Waals surface area contributed by atoms with Crippen LogP contribution in [0.2, 0.25) is 0 Å². The van der Waals surface area contributed by atoms with Crippen LogP contribution >= 0.6 is 0 Å². The topological polar surface area (TPSA) is 99.8 Å². The van der Waals surface area contributed by atoms with Crippen LogP contribution in [0.15, 0.2) is 18.7 Å². The molecule has 0 aliphatic heterocycles. The molecule has 0 saturated carbocycles. The highest BCUT2D eigenvalue weighted by atomic mass is 16.2. The predicted octanol–water partition coefficient (Wildman–Crippen LogP) is -0.972. The minimum absolute atomic E-state index is 0.178. The third kappa shape index (κ3) is 4.34. The third-order valence-corrected chi connectivity index (χ3v) is 1.96. The zero-order chi connectivity index (χ0) is 12.7. The Morgan fingerprint density at radius 2 is 2.29 bits per heavy atom. The first-order valence-electron chi connectivity index (χ1n) is 5.05. The van der Waals surface area contributed by atoms with Gasteiger partial charge in [-0.1, -0.05) is 0 Å². The van der Waals surface area contributed by atoms with E-state index in [0.717, 1.165) is 0 Å². The van der Waals surface area contributed by atoms with E-state index < -0.39 is 11.8 Å². The van der Waals surface area contributed by atoms with Crippen molar-refractivity contribution in [2.24, 2.45) is 0 Å². The summed E-state index contributed by atoms with van der Waals surface area (Å²) in [5, 5.41) is 12.9. The maximum absolute atomic E-state index is 11.3. The number of nitriles is 1. The fourth-order valence-electron chi connectivity index (χ4n) is 1.25. The van der Waals surface area contributed by atoms with Crippen molar-refractivity contribution in [3.05, 3.63) is 18.7 Å². The number of amides is 2. The van der Waals surface area contributed by atoms with Crippen molar-refractivity contribution in [1.82, 2.24) is 20.2 Å². The van der Waals surface area contributed by atoms with Gasteiger partial charge in [0.2, 0.25) is 0 Å². The zero-order valence-electron chi connectivity index (χ0n) is 9.38. The van der Waals surface area contributed by atoms with Gasteiger partial charge in [-0.2, -0.15) is 5.26 Å². The molecule has 17 heavy (non-hydrogen) atoms. The largest absolute Gasteiger partial charge is 0.344 e. The number of hydrogen-bond acceptors (Lipinski definition) is 4. The Labute approximate surface area is 98.4 Å². The number of rotatable bonds is 4. The van der Waals surface area contributed by atoms with Crippen molar-refractivity contribution < 1.29 is 9.59 Å². The summed E-state index contributed by atoms with van der Waals surface area (Å²) in [6.45, 7) is 2.12. The Morgan fingerprint density at radius 3 is 2.88 bits per heavy atom. The molecule has 0 saturated heterocycles. The summed E-state index contributed by atoms with van der Waals surface area (Å²) in [6, 6.07) is 1.51. The van der Waals surface area contributed by atoms with Gasteiger partial charge in [-0.05, 0) is 6.92 Å². The fourth-order valence-corrected chi connectivity index (χ4v) is 1.25. The third-order valence-electron chi connectivity index (χ3n) is 1.96. The molecule has 90 valence electrons. The van der Waals surface area contributed by atoms with Crippen LogP contribution in [-0.4, -0.2) is 34.0 Å². The minimum Gasteiger partial charge on any atom is -0.344 e. The summed E-state index contributed by atoms with van der Waals surface area (Å²) in [6.07, 6.45) is 5.02. The molecule has 0 fully saturated rings. The van der Waals surface area contributed by atoms with E-state index in [1.165, 1.54) is 0 Å². The van der Waals surface area contributed by atoms with Gasteiger partial charge in [0.15, 0.2) is 0 Å². The van der Waals surface area contributed by atoms with Crippen molar-refractivity contribution in [2.75, 3.05) is 6.54 Å². The highest BCUT2D eigenvalue weighted by Gasteiger charge is 2.15. The van der Waals surface area contributed by atoms with Crippen molar-refractivity contribution in [3.63, 3.8) is 0 Å². The monoisotopic (exact) mass is 235 g/mol. The van der Waals surface area contributed by atoms with Gasteiger partial charge in [0.1, 0.15) is 6.54 Å². The van der Waals surface area contributed by atoms with Crippen molar-refractivity contribution in [2.45, 2.75) is 19.5 Å². The quantitative estimate of drug-likeness (QED) is 0.518. The smallest absolute Gasteiger partial charge is 0.310 e. The molecule has 0 radical (unpaired) electrons. The van der Waals surface area contributed by atoms with Crippen molar-refractivity contribution in [1.29, 1.82) is 5.26 Å². The van der Waals surface area contributed by atoms with Crippen LogP contribution in [0.1, 0.15) is 6.92 Å². The van der Waals surface area contributed by atoms with E-state index in [-0.39, 0.29) is 12.6 Å². The molecule has 0 spiro atoms. The average molecular weight is 235 g/mol. The van der Waals surface area contributed by atoms with Crippen LogP contribution in [0.5, 0.6) is 0 Å². The van der Waals surface area contributed by atoms with Gasteiger partial charge < -0.3 is 15.2 Å². The number of imidazole rings is 1. The lowest BCUT2D eigenvalue weighted by Crippen LogP contribution is -2.44. The van der Waals surface area contributed by atoms with Crippen LogP contribution in [0.4, 0.5) is 0 Å². The van der Waals surface area contributed by atoms with Crippen molar-refractivity contribution >= 4 is 11.8 Å². The van der Waals surface area contributed by atoms with Gasteiger partial charge >= 0.3 is 11.8 Å².